The first-order valence-corrected chi connectivity index (χ1v) is 10.4. The van der Waals surface area contributed by atoms with E-state index in [1.807, 2.05) is 13.0 Å². The number of thiophene rings is 1. The Kier molecular flexibility index (Phi) is 4.63. The minimum Gasteiger partial charge on any atom is -0.355 e. The van der Waals surface area contributed by atoms with Crippen molar-refractivity contribution in [3.05, 3.63) is 28.2 Å². The van der Waals surface area contributed by atoms with Crippen molar-refractivity contribution in [3.8, 4) is 0 Å². The van der Waals surface area contributed by atoms with Crippen molar-refractivity contribution in [1.29, 1.82) is 0 Å². The Bertz CT molecular complexity index is 704. The number of rotatable bonds is 8. The van der Waals surface area contributed by atoms with Crippen LogP contribution in [0, 0.1) is 0 Å². The number of amides is 1. The lowest BCUT2D eigenvalue weighted by Crippen LogP contribution is -2.32. The lowest BCUT2D eigenvalue weighted by molar-refractivity contribution is -0.120. The molecule has 2 aromatic rings. The van der Waals surface area contributed by atoms with Crippen LogP contribution in [0.4, 0.5) is 0 Å². The van der Waals surface area contributed by atoms with Crippen molar-refractivity contribution >= 4 is 29.0 Å². The zero-order valence-electron chi connectivity index (χ0n) is 13.8. The monoisotopic (exact) mass is 362 g/mol. The van der Waals surface area contributed by atoms with Gasteiger partial charge in [0.25, 0.3) is 0 Å². The molecule has 0 radical (unpaired) electrons. The summed E-state index contributed by atoms with van der Waals surface area (Å²) < 4.78 is 2.30. The second kappa shape index (κ2) is 6.88. The fourth-order valence-electron chi connectivity index (χ4n) is 2.78. The molecule has 2 aliphatic rings. The summed E-state index contributed by atoms with van der Waals surface area (Å²) in [7, 11) is 0. The molecule has 1 unspecified atom stereocenters. The van der Waals surface area contributed by atoms with Crippen molar-refractivity contribution in [3.63, 3.8) is 0 Å². The maximum absolute atomic E-state index is 12.3. The quantitative estimate of drug-likeness (QED) is 0.731. The molecule has 2 aliphatic carbocycles. The zero-order chi connectivity index (χ0) is 16.5. The Morgan fingerprint density at radius 2 is 2.25 bits per heavy atom. The predicted octanol–water partition coefficient (Wildman–Crippen LogP) is 3.39. The van der Waals surface area contributed by atoms with E-state index in [1.54, 1.807) is 23.1 Å². The van der Waals surface area contributed by atoms with Crippen molar-refractivity contribution in [2.75, 3.05) is 6.54 Å². The van der Waals surface area contributed by atoms with E-state index in [1.165, 1.54) is 30.6 Å². The molecular weight excluding hydrogens is 340 g/mol. The lowest BCUT2D eigenvalue weighted by atomic mass is 10.3. The van der Waals surface area contributed by atoms with Crippen LogP contribution in [0.3, 0.4) is 0 Å². The summed E-state index contributed by atoms with van der Waals surface area (Å²) in [6, 6.07) is 4.71. The first-order chi connectivity index (χ1) is 11.7. The van der Waals surface area contributed by atoms with Crippen molar-refractivity contribution in [2.24, 2.45) is 0 Å². The van der Waals surface area contributed by atoms with Gasteiger partial charge in [-0.05, 0) is 50.5 Å². The van der Waals surface area contributed by atoms with E-state index in [9.17, 15) is 4.79 Å². The molecule has 2 fully saturated rings. The molecule has 5 nitrogen and oxygen atoms in total. The fraction of sp³-hybridized carbons (Fsp3) is 0.588. The van der Waals surface area contributed by atoms with E-state index in [2.05, 4.69) is 31.5 Å². The van der Waals surface area contributed by atoms with Crippen LogP contribution in [0.5, 0.6) is 0 Å². The zero-order valence-corrected chi connectivity index (χ0v) is 15.4. The second-order valence-corrected chi connectivity index (χ2v) is 8.94. The first-order valence-electron chi connectivity index (χ1n) is 8.64. The van der Waals surface area contributed by atoms with Gasteiger partial charge in [0.2, 0.25) is 5.91 Å². The summed E-state index contributed by atoms with van der Waals surface area (Å²) in [6.07, 6.45) is 5.78. The van der Waals surface area contributed by atoms with Crippen LogP contribution < -0.4 is 5.32 Å². The minimum atomic E-state index is -0.151. The summed E-state index contributed by atoms with van der Waals surface area (Å²) in [5.74, 6) is 1.82. The predicted molar refractivity (Wildman–Crippen MR) is 96.6 cm³/mol. The average molecular weight is 363 g/mol. The van der Waals surface area contributed by atoms with Gasteiger partial charge in [-0.25, -0.2) is 0 Å². The summed E-state index contributed by atoms with van der Waals surface area (Å²) in [5.41, 5.74) is 0. The summed E-state index contributed by atoms with van der Waals surface area (Å²) in [4.78, 5) is 13.6. The number of thioether (sulfide) groups is 1. The molecule has 1 N–H and O–H groups in total. The molecule has 7 heteroatoms. The normalized spacial score (nSPS) is 18.5. The highest BCUT2D eigenvalue weighted by molar-refractivity contribution is 8.00. The lowest BCUT2D eigenvalue weighted by Gasteiger charge is -2.13. The average Bonchev–Trinajstić information content (AvgIpc) is 3.50. The number of nitrogens with zero attached hydrogens (tertiary/aromatic N) is 3. The molecule has 0 saturated heterocycles. The molecule has 0 bridgehead atoms. The van der Waals surface area contributed by atoms with Gasteiger partial charge in [0.1, 0.15) is 5.82 Å². The van der Waals surface area contributed by atoms with E-state index in [4.69, 9.17) is 0 Å². The third-order valence-electron chi connectivity index (χ3n) is 4.45. The van der Waals surface area contributed by atoms with Crippen LogP contribution in [-0.2, 0) is 11.2 Å². The Balaban J connectivity index is 1.33. The van der Waals surface area contributed by atoms with Gasteiger partial charge in [-0.2, -0.15) is 0 Å². The Morgan fingerprint density at radius 3 is 2.92 bits per heavy atom. The van der Waals surface area contributed by atoms with Crippen LogP contribution in [0.25, 0.3) is 0 Å². The van der Waals surface area contributed by atoms with Crippen LogP contribution in [0.15, 0.2) is 22.7 Å². The number of aromatic nitrogens is 3. The molecule has 1 atom stereocenters. The van der Waals surface area contributed by atoms with Crippen LogP contribution in [-0.4, -0.2) is 32.5 Å². The fourth-order valence-corrected chi connectivity index (χ4v) is 4.44. The third kappa shape index (κ3) is 3.67. The van der Waals surface area contributed by atoms with Crippen LogP contribution >= 0.6 is 23.1 Å². The highest BCUT2D eigenvalue weighted by Gasteiger charge is 2.37. The van der Waals surface area contributed by atoms with Crippen molar-refractivity contribution < 1.29 is 4.79 Å². The molecular formula is C17H22N4OS2. The molecule has 2 heterocycles. The van der Waals surface area contributed by atoms with Gasteiger partial charge >= 0.3 is 0 Å². The topological polar surface area (TPSA) is 59.8 Å². The second-order valence-electron chi connectivity index (χ2n) is 6.60. The maximum Gasteiger partial charge on any atom is 0.233 e. The molecule has 0 aliphatic heterocycles. The molecule has 0 aromatic carbocycles. The first kappa shape index (κ1) is 16.1. The summed E-state index contributed by atoms with van der Waals surface area (Å²) in [5, 5.41) is 14.7. The molecule has 4 rings (SSSR count). The standard InChI is InChI=1S/C17H22N4OS2/c1-11(16(22)18-9-8-14-3-2-10-23-14)24-17-20-19-15(12-4-5-12)21(17)13-6-7-13/h2-3,10-13H,4-9H2,1H3,(H,18,22). The van der Waals surface area contributed by atoms with E-state index in [0.717, 1.165) is 17.4 Å². The van der Waals surface area contributed by atoms with Gasteiger partial charge in [0, 0.05) is 23.4 Å². The summed E-state index contributed by atoms with van der Waals surface area (Å²) in [6.45, 7) is 2.64. The van der Waals surface area contributed by atoms with Crippen molar-refractivity contribution in [1.82, 2.24) is 20.1 Å². The minimum absolute atomic E-state index is 0.0786. The molecule has 1 amide bonds. The molecule has 2 aromatic heterocycles. The van der Waals surface area contributed by atoms with Crippen LogP contribution in [0.2, 0.25) is 0 Å². The van der Waals surface area contributed by atoms with Gasteiger partial charge in [-0.15, -0.1) is 21.5 Å². The Morgan fingerprint density at radius 1 is 1.42 bits per heavy atom. The number of carbonyl (C=O) groups is 1. The van der Waals surface area contributed by atoms with E-state index >= 15 is 0 Å². The smallest absolute Gasteiger partial charge is 0.233 e. The van der Waals surface area contributed by atoms with Gasteiger partial charge in [0.05, 0.1) is 5.25 Å². The maximum atomic E-state index is 12.3. The van der Waals surface area contributed by atoms with Gasteiger partial charge in [-0.1, -0.05) is 17.8 Å². The van der Waals surface area contributed by atoms with Gasteiger partial charge in [0.15, 0.2) is 5.16 Å². The van der Waals surface area contributed by atoms with Crippen molar-refractivity contribution in [2.45, 2.75) is 61.4 Å². The van der Waals surface area contributed by atoms with Crippen LogP contribution in [0.1, 0.15) is 55.3 Å². The van der Waals surface area contributed by atoms with Gasteiger partial charge in [-0.3, -0.25) is 4.79 Å². The number of nitrogens with one attached hydrogen (secondary N) is 1. The SMILES string of the molecule is CC(Sc1nnc(C2CC2)n1C1CC1)C(=O)NCCc1cccs1. The number of hydrogen-bond donors (Lipinski definition) is 1. The van der Waals surface area contributed by atoms with E-state index in [0.29, 0.717) is 18.5 Å². The number of carbonyl (C=O) groups excluding carboxylic acids is 1. The third-order valence-corrected chi connectivity index (χ3v) is 6.44. The van der Waals surface area contributed by atoms with Gasteiger partial charge < -0.3 is 9.88 Å². The highest BCUT2D eigenvalue weighted by Crippen LogP contribution is 2.46. The molecule has 0 spiro atoms. The van der Waals surface area contributed by atoms with E-state index < -0.39 is 0 Å². The highest BCUT2D eigenvalue weighted by atomic mass is 32.2. The molecule has 24 heavy (non-hydrogen) atoms. The summed E-state index contributed by atoms with van der Waals surface area (Å²) >= 11 is 3.27. The number of hydrogen-bond acceptors (Lipinski definition) is 5. The Hall–Kier alpha value is -1.34. The Labute approximate surface area is 150 Å². The molecule has 128 valence electrons. The largest absolute Gasteiger partial charge is 0.355 e. The van der Waals surface area contributed by atoms with E-state index in [-0.39, 0.29) is 11.2 Å². The molecule has 2 saturated carbocycles.